The van der Waals surface area contributed by atoms with Crippen molar-refractivity contribution in [2.24, 2.45) is 5.92 Å². The summed E-state index contributed by atoms with van der Waals surface area (Å²) >= 11 is 0. The first kappa shape index (κ1) is 20.0. The van der Waals surface area contributed by atoms with Gasteiger partial charge in [-0.2, -0.15) is 5.10 Å². The normalized spacial score (nSPS) is 25.6. The molecule has 164 valence electrons. The average molecular weight is 432 g/mol. The molecule has 3 amide bonds. The Bertz CT molecular complexity index is 1190. The van der Waals surface area contributed by atoms with Crippen LogP contribution in [-0.4, -0.2) is 40.3 Å². The monoisotopic (exact) mass is 432 g/mol. The molecule has 32 heavy (non-hydrogen) atoms. The number of hydrogen-bond donors (Lipinski definition) is 4. The Balaban J connectivity index is 1.30. The predicted octanol–water partition coefficient (Wildman–Crippen LogP) is 2.76. The summed E-state index contributed by atoms with van der Waals surface area (Å²) in [5.74, 6) is 0.500. The lowest BCUT2D eigenvalue weighted by molar-refractivity contribution is -0.121. The lowest BCUT2D eigenvalue weighted by Gasteiger charge is -2.19. The molecule has 4 atom stereocenters. The van der Waals surface area contributed by atoms with Crippen molar-refractivity contribution in [1.29, 1.82) is 0 Å². The standard InChI is InChI=1S/C23H24N6O3/c1-3-32-18-11-23(18,13-7-5-4-6-8-13)27-22(31)26-19-10-17-16(12-25-19)20(29-28-17)14-9-15(14)21(30)24-2/h3-8,10,12,14-15,18H,1,9,11H2,2H3,(H,24,30)(H,28,29)(H2,25,26,27,31)/t14?,15-,18-,23?/m0/s1. The second kappa shape index (κ2) is 7.67. The number of fused-ring (bicyclic) bond motifs is 1. The number of ether oxygens (including phenoxy) is 1. The molecule has 0 aliphatic heterocycles. The van der Waals surface area contributed by atoms with Crippen molar-refractivity contribution in [3.05, 3.63) is 66.7 Å². The van der Waals surface area contributed by atoms with Crippen LogP contribution >= 0.6 is 0 Å². The van der Waals surface area contributed by atoms with Gasteiger partial charge in [0.2, 0.25) is 5.91 Å². The SMILES string of the molecule is C=CO[C@H]1CC1(NC(=O)Nc1cc2n[nH]c(C3C[C@@H]3C(=O)NC)c2cn1)c1ccccc1. The lowest BCUT2D eigenvalue weighted by atomic mass is 10.0. The highest BCUT2D eigenvalue weighted by molar-refractivity contribution is 5.92. The number of nitrogens with zero attached hydrogens (tertiary/aromatic N) is 2. The minimum atomic E-state index is -0.607. The molecule has 2 fully saturated rings. The maximum absolute atomic E-state index is 12.8. The van der Waals surface area contributed by atoms with Gasteiger partial charge in [-0.25, -0.2) is 9.78 Å². The molecule has 3 aromatic rings. The van der Waals surface area contributed by atoms with Crippen LogP contribution in [-0.2, 0) is 15.1 Å². The molecule has 9 heteroatoms. The number of nitrogens with one attached hydrogen (secondary N) is 4. The Kier molecular flexibility index (Phi) is 4.80. The molecule has 0 saturated heterocycles. The molecule has 5 rings (SSSR count). The Morgan fingerprint density at radius 3 is 2.88 bits per heavy atom. The molecule has 2 aliphatic rings. The van der Waals surface area contributed by atoms with Crippen molar-refractivity contribution in [1.82, 2.24) is 25.8 Å². The second-order valence-electron chi connectivity index (χ2n) is 8.20. The molecule has 0 bridgehead atoms. The molecular weight excluding hydrogens is 408 g/mol. The van der Waals surface area contributed by atoms with Crippen LogP contribution in [0.15, 0.2) is 55.4 Å². The van der Waals surface area contributed by atoms with Crippen molar-refractivity contribution >= 4 is 28.7 Å². The molecular formula is C23H24N6O3. The van der Waals surface area contributed by atoms with Crippen LogP contribution in [0.3, 0.4) is 0 Å². The van der Waals surface area contributed by atoms with E-state index in [-0.39, 0.29) is 29.9 Å². The summed E-state index contributed by atoms with van der Waals surface area (Å²) in [6, 6.07) is 11.1. The van der Waals surface area contributed by atoms with Gasteiger partial charge in [0.1, 0.15) is 17.5 Å². The van der Waals surface area contributed by atoms with E-state index in [1.807, 2.05) is 30.3 Å². The van der Waals surface area contributed by atoms with Gasteiger partial charge >= 0.3 is 6.03 Å². The van der Waals surface area contributed by atoms with Crippen molar-refractivity contribution < 1.29 is 14.3 Å². The third kappa shape index (κ3) is 3.45. The summed E-state index contributed by atoms with van der Waals surface area (Å²) in [6.45, 7) is 3.62. The highest BCUT2D eigenvalue weighted by atomic mass is 16.5. The van der Waals surface area contributed by atoms with E-state index in [9.17, 15) is 9.59 Å². The van der Waals surface area contributed by atoms with Crippen LogP contribution in [0.4, 0.5) is 10.6 Å². The summed E-state index contributed by atoms with van der Waals surface area (Å²) in [5, 5.41) is 16.7. The van der Waals surface area contributed by atoms with Gasteiger partial charge in [-0.05, 0) is 12.0 Å². The topological polar surface area (TPSA) is 121 Å². The Labute approximate surface area is 184 Å². The minimum Gasteiger partial charge on any atom is -0.496 e. The third-order valence-electron chi connectivity index (χ3n) is 6.24. The van der Waals surface area contributed by atoms with Crippen LogP contribution in [0.25, 0.3) is 10.9 Å². The summed E-state index contributed by atoms with van der Waals surface area (Å²) in [6.07, 6.45) is 4.34. The second-order valence-corrected chi connectivity index (χ2v) is 8.20. The first-order valence-corrected chi connectivity index (χ1v) is 10.5. The molecule has 4 N–H and O–H groups in total. The summed E-state index contributed by atoms with van der Waals surface area (Å²) in [4.78, 5) is 29.0. The van der Waals surface area contributed by atoms with Crippen molar-refractivity contribution in [2.45, 2.75) is 30.4 Å². The van der Waals surface area contributed by atoms with Crippen LogP contribution in [0.2, 0.25) is 0 Å². The van der Waals surface area contributed by atoms with Gasteiger partial charge in [0, 0.05) is 48.6 Å². The van der Waals surface area contributed by atoms with Crippen LogP contribution in [0.1, 0.15) is 30.0 Å². The largest absolute Gasteiger partial charge is 0.496 e. The summed E-state index contributed by atoms with van der Waals surface area (Å²) in [5.41, 5.74) is 1.95. The predicted molar refractivity (Wildman–Crippen MR) is 119 cm³/mol. The van der Waals surface area contributed by atoms with Gasteiger partial charge in [0.25, 0.3) is 0 Å². The third-order valence-corrected chi connectivity index (χ3v) is 6.24. The van der Waals surface area contributed by atoms with Crippen molar-refractivity contribution in [2.75, 3.05) is 12.4 Å². The van der Waals surface area contributed by atoms with E-state index in [2.05, 4.69) is 37.7 Å². The number of carbonyl (C=O) groups is 2. The van der Waals surface area contributed by atoms with E-state index < -0.39 is 5.54 Å². The van der Waals surface area contributed by atoms with Gasteiger partial charge < -0.3 is 15.4 Å². The Morgan fingerprint density at radius 1 is 1.31 bits per heavy atom. The summed E-state index contributed by atoms with van der Waals surface area (Å²) < 4.78 is 5.56. The van der Waals surface area contributed by atoms with E-state index in [1.165, 1.54) is 6.26 Å². The van der Waals surface area contributed by atoms with E-state index in [0.717, 1.165) is 23.1 Å². The number of rotatable bonds is 7. The highest BCUT2D eigenvalue weighted by Crippen LogP contribution is 2.49. The van der Waals surface area contributed by atoms with E-state index in [0.29, 0.717) is 17.8 Å². The van der Waals surface area contributed by atoms with Gasteiger partial charge in [-0.1, -0.05) is 36.9 Å². The smallest absolute Gasteiger partial charge is 0.321 e. The number of aromatic nitrogens is 3. The van der Waals surface area contributed by atoms with Crippen molar-refractivity contribution in [3.63, 3.8) is 0 Å². The van der Waals surface area contributed by atoms with E-state index in [4.69, 9.17) is 4.74 Å². The molecule has 2 aromatic heterocycles. The van der Waals surface area contributed by atoms with E-state index in [1.54, 1.807) is 19.3 Å². The number of urea groups is 1. The fourth-order valence-corrected chi connectivity index (χ4v) is 4.37. The number of aromatic amines is 1. The molecule has 2 heterocycles. The number of anilines is 1. The van der Waals surface area contributed by atoms with Gasteiger partial charge in [-0.3, -0.25) is 15.2 Å². The lowest BCUT2D eigenvalue weighted by Crippen LogP contribution is -2.40. The number of H-pyrrole nitrogens is 1. The van der Waals surface area contributed by atoms with Gasteiger partial charge in [0.05, 0.1) is 11.8 Å². The van der Waals surface area contributed by atoms with Gasteiger partial charge in [0.15, 0.2) is 0 Å². The molecule has 1 aromatic carbocycles. The minimum absolute atomic E-state index is 0.0341. The summed E-state index contributed by atoms with van der Waals surface area (Å²) in [7, 11) is 1.64. The van der Waals surface area contributed by atoms with Gasteiger partial charge in [-0.15, -0.1) is 0 Å². The van der Waals surface area contributed by atoms with Crippen LogP contribution in [0.5, 0.6) is 0 Å². The zero-order valence-corrected chi connectivity index (χ0v) is 17.6. The van der Waals surface area contributed by atoms with Crippen molar-refractivity contribution in [3.8, 4) is 0 Å². The fraction of sp³-hybridized carbons (Fsp3) is 0.304. The zero-order valence-electron chi connectivity index (χ0n) is 17.6. The molecule has 2 unspecified atom stereocenters. The number of amides is 3. The average Bonchev–Trinajstić information content (AvgIpc) is 3.70. The molecule has 2 saturated carbocycles. The Hall–Kier alpha value is -3.88. The molecule has 9 nitrogen and oxygen atoms in total. The number of carbonyl (C=O) groups excluding carboxylic acids is 2. The molecule has 0 radical (unpaired) electrons. The fourth-order valence-electron chi connectivity index (χ4n) is 4.37. The maximum atomic E-state index is 12.8. The number of pyridine rings is 1. The zero-order chi connectivity index (χ0) is 22.3. The number of hydrogen-bond acceptors (Lipinski definition) is 5. The van der Waals surface area contributed by atoms with E-state index >= 15 is 0 Å². The number of benzene rings is 1. The Morgan fingerprint density at radius 2 is 2.12 bits per heavy atom. The first-order valence-electron chi connectivity index (χ1n) is 10.5. The van der Waals surface area contributed by atoms with Crippen LogP contribution in [0, 0.1) is 5.92 Å². The first-order chi connectivity index (χ1) is 15.6. The molecule has 0 spiro atoms. The highest BCUT2D eigenvalue weighted by Gasteiger charge is 2.58. The van der Waals surface area contributed by atoms with Crippen LogP contribution < -0.4 is 16.0 Å². The quantitative estimate of drug-likeness (QED) is 0.428. The molecule has 2 aliphatic carbocycles. The maximum Gasteiger partial charge on any atom is 0.321 e.